The Kier molecular flexibility index (Phi) is 4.87. The number of aromatic nitrogens is 2. The summed E-state index contributed by atoms with van der Waals surface area (Å²) in [5.74, 6) is -0.0146. The molecule has 2 aromatic rings. The predicted molar refractivity (Wildman–Crippen MR) is 83.6 cm³/mol. The van der Waals surface area contributed by atoms with E-state index in [-0.39, 0.29) is 5.91 Å². The number of hydrogen-bond acceptors (Lipinski definition) is 3. The van der Waals surface area contributed by atoms with Gasteiger partial charge in [-0.15, -0.1) is 0 Å². The first-order valence-corrected chi connectivity index (χ1v) is 7.07. The van der Waals surface area contributed by atoms with E-state index in [1.807, 2.05) is 38.1 Å². The molecule has 0 saturated carbocycles. The van der Waals surface area contributed by atoms with E-state index < -0.39 is 0 Å². The van der Waals surface area contributed by atoms with Gasteiger partial charge in [0.1, 0.15) is 0 Å². The van der Waals surface area contributed by atoms with Crippen LogP contribution in [0.5, 0.6) is 0 Å². The first kappa shape index (κ1) is 15.0. The number of benzene rings is 1. The van der Waals surface area contributed by atoms with E-state index in [1.165, 1.54) is 5.56 Å². The van der Waals surface area contributed by atoms with Crippen LogP contribution in [0.1, 0.15) is 54.0 Å². The zero-order chi connectivity index (χ0) is 15.2. The lowest BCUT2D eigenvalue weighted by Crippen LogP contribution is -2.18. The van der Waals surface area contributed by atoms with Crippen LogP contribution >= 0.6 is 0 Å². The largest absolute Gasteiger partial charge is 0.291 e. The number of aromatic amines is 1. The van der Waals surface area contributed by atoms with Crippen LogP contribution in [0.3, 0.4) is 0 Å². The van der Waals surface area contributed by atoms with Gasteiger partial charge in [0.15, 0.2) is 5.69 Å². The van der Waals surface area contributed by atoms with Crippen molar-refractivity contribution in [2.75, 3.05) is 0 Å². The van der Waals surface area contributed by atoms with Crippen molar-refractivity contribution in [2.24, 2.45) is 5.10 Å². The number of nitrogens with one attached hydrogen (secondary N) is 2. The average Bonchev–Trinajstić information content (AvgIpc) is 2.98. The number of carbonyl (C=O) groups is 1. The zero-order valence-corrected chi connectivity index (χ0v) is 12.6. The Morgan fingerprint density at radius 2 is 2.10 bits per heavy atom. The molecule has 0 spiro atoms. The lowest BCUT2D eigenvalue weighted by Gasteiger charge is -1.98. The van der Waals surface area contributed by atoms with Crippen LogP contribution in [0.25, 0.3) is 0 Å². The molecule has 2 rings (SSSR count). The van der Waals surface area contributed by atoms with Gasteiger partial charge in [-0.1, -0.05) is 45.0 Å². The van der Waals surface area contributed by atoms with Crippen molar-refractivity contribution in [3.05, 3.63) is 52.8 Å². The van der Waals surface area contributed by atoms with Gasteiger partial charge in [0.25, 0.3) is 5.91 Å². The summed E-state index contributed by atoms with van der Waals surface area (Å²) in [5.41, 5.74) is 5.96. The molecule has 1 heterocycles. The third kappa shape index (κ3) is 4.02. The fraction of sp³-hybridized carbons (Fsp3) is 0.312. The Morgan fingerprint density at radius 1 is 1.38 bits per heavy atom. The summed E-state index contributed by atoms with van der Waals surface area (Å²) < 4.78 is 0. The molecule has 5 nitrogen and oxygen atoms in total. The summed E-state index contributed by atoms with van der Waals surface area (Å²) in [5, 5.41) is 10.8. The summed E-state index contributed by atoms with van der Waals surface area (Å²) in [7, 11) is 0. The number of hydrogen-bond donors (Lipinski definition) is 2. The molecule has 0 unspecified atom stereocenters. The van der Waals surface area contributed by atoms with Crippen LogP contribution in [0.4, 0.5) is 0 Å². The number of hydrazone groups is 1. The fourth-order valence-electron chi connectivity index (χ4n) is 1.81. The van der Waals surface area contributed by atoms with E-state index in [2.05, 4.69) is 27.6 Å². The van der Waals surface area contributed by atoms with Gasteiger partial charge >= 0.3 is 0 Å². The highest BCUT2D eigenvalue weighted by Gasteiger charge is 2.10. The van der Waals surface area contributed by atoms with Crippen LogP contribution in [-0.4, -0.2) is 22.3 Å². The molecular formula is C16H20N4O. The third-order valence-corrected chi connectivity index (χ3v) is 3.22. The highest BCUT2D eigenvalue weighted by atomic mass is 16.2. The fourth-order valence-corrected chi connectivity index (χ4v) is 1.81. The number of carbonyl (C=O) groups excluding carboxylic acids is 1. The van der Waals surface area contributed by atoms with Crippen molar-refractivity contribution in [3.63, 3.8) is 0 Å². The Bertz CT molecular complexity index is 626. The second-order valence-electron chi connectivity index (χ2n) is 5.16. The van der Waals surface area contributed by atoms with E-state index in [0.717, 1.165) is 17.7 Å². The van der Waals surface area contributed by atoms with E-state index >= 15 is 0 Å². The standard InChI is InChI=1S/C16H20N4O/c1-4-12-5-7-13(8-6-12)10-17-20-16(21)15-9-14(11(2)3)18-19-15/h5-11H,4H2,1-3H3,(H,18,19)(H,20,21)/b17-10+. The third-order valence-electron chi connectivity index (χ3n) is 3.22. The maximum absolute atomic E-state index is 11.9. The molecule has 0 aliphatic rings. The Labute approximate surface area is 124 Å². The smallest absolute Gasteiger partial charge is 0.282 e. The molecule has 21 heavy (non-hydrogen) atoms. The predicted octanol–water partition coefficient (Wildman–Crippen LogP) is 2.86. The highest BCUT2D eigenvalue weighted by Crippen LogP contribution is 2.11. The summed E-state index contributed by atoms with van der Waals surface area (Å²) in [6.45, 7) is 6.18. The first-order chi connectivity index (χ1) is 10.1. The average molecular weight is 284 g/mol. The van der Waals surface area contributed by atoms with E-state index in [4.69, 9.17) is 0 Å². The monoisotopic (exact) mass is 284 g/mol. The second kappa shape index (κ2) is 6.83. The van der Waals surface area contributed by atoms with Gasteiger partial charge in [0.05, 0.1) is 6.21 Å². The molecular weight excluding hydrogens is 264 g/mol. The quantitative estimate of drug-likeness (QED) is 0.654. The molecule has 0 fully saturated rings. The minimum absolute atomic E-state index is 0.305. The van der Waals surface area contributed by atoms with Crippen LogP contribution in [-0.2, 0) is 6.42 Å². The number of aryl methyl sites for hydroxylation is 1. The maximum Gasteiger partial charge on any atom is 0.291 e. The van der Waals surface area contributed by atoms with Gasteiger partial charge in [-0.2, -0.15) is 10.2 Å². The summed E-state index contributed by atoms with van der Waals surface area (Å²) in [4.78, 5) is 11.9. The van der Waals surface area contributed by atoms with Crippen LogP contribution in [0.2, 0.25) is 0 Å². The van der Waals surface area contributed by atoms with Crippen molar-refractivity contribution in [3.8, 4) is 0 Å². The topological polar surface area (TPSA) is 70.1 Å². The number of amides is 1. The van der Waals surface area contributed by atoms with Crippen molar-refractivity contribution in [1.29, 1.82) is 0 Å². The Hall–Kier alpha value is -2.43. The van der Waals surface area contributed by atoms with Crippen LogP contribution in [0.15, 0.2) is 35.4 Å². The van der Waals surface area contributed by atoms with Crippen molar-refractivity contribution in [2.45, 2.75) is 33.1 Å². The molecule has 0 saturated heterocycles. The van der Waals surface area contributed by atoms with E-state index in [0.29, 0.717) is 11.6 Å². The molecule has 0 atom stereocenters. The molecule has 0 radical (unpaired) electrons. The zero-order valence-electron chi connectivity index (χ0n) is 12.6. The molecule has 2 N–H and O–H groups in total. The molecule has 0 aliphatic carbocycles. The van der Waals surface area contributed by atoms with Gasteiger partial charge in [-0.05, 0) is 29.5 Å². The maximum atomic E-state index is 11.9. The van der Waals surface area contributed by atoms with Crippen molar-refractivity contribution < 1.29 is 4.79 Å². The van der Waals surface area contributed by atoms with Crippen molar-refractivity contribution in [1.82, 2.24) is 15.6 Å². The summed E-state index contributed by atoms with van der Waals surface area (Å²) >= 11 is 0. The molecule has 110 valence electrons. The minimum atomic E-state index is -0.320. The van der Waals surface area contributed by atoms with Gasteiger partial charge < -0.3 is 0 Å². The van der Waals surface area contributed by atoms with E-state index in [1.54, 1.807) is 12.3 Å². The number of nitrogens with zero attached hydrogens (tertiary/aromatic N) is 2. The van der Waals surface area contributed by atoms with Gasteiger partial charge in [-0.3, -0.25) is 9.89 Å². The number of H-pyrrole nitrogens is 1. The van der Waals surface area contributed by atoms with Gasteiger partial charge in [0.2, 0.25) is 0 Å². The second-order valence-corrected chi connectivity index (χ2v) is 5.16. The molecule has 0 aliphatic heterocycles. The summed E-state index contributed by atoms with van der Waals surface area (Å²) in [6.07, 6.45) is 2.62. The van der Waals surface area contributed by atoms with Crippen LogP contribution in [0, 0.1) is 0 Å². The minimum Gasteiger partial charge on any atom is -0.282 e. The highest BCUT2D eigenvalue weighted by molar-refractivity contribution is 5.93. The molecule has 1 amide bonds. The van der Waals surface area contributed by atoms with Crippen LogP contribution < -0.4 is 5.43 Å². The van der Waals surface area contributed by atoms with Gasteiger partial charge in [-0.25, -0.2) is 5.43 Å². The van der Waals surface area contributed by atoms with Gasteiger partial charge in [0, 0.05) is 5.69 Å². The number of rotatable bonds is 5. The Balaban J connectivity index is 1.94. The molecule has 5 heteroatoms. The Morgan fingerprint density at radius 3 is 2.67 bits per heavy atom. The molecule has 0 bridgehead atoms. The SMILES string of the molecule is CCc1ccc(/C=N/NC(=O)c2cc(C(C)C)[nH]n2)cc1. The molecule has 1 aromatic heterocycles. The van der Waals surface area contributed by atoms with E-state index in [9.17, 15) is 4.79 Å². The molecule has 1 aromatic carbocycles. The lowest BCUT2D eigenvalue weighted by molar-refractivity contribution is 0.0950. The lowest BCUT2D eigenvalue weighted by atomic mass is 10.1. The first-order valence-electron chi connectivity index (χ1n) is 7.07. The normalized spacial score (nSPS) is 11.2. The van der Waals surface area contributed by atoms with Crippen molar-refractivity contribution >= 4 is 12.1 Å². The summed E-state index contributed by atoms with van der Waals surface area (Å²) in [6, 6.07) is 9.78.